The number of anilines is 1. The SMILES string of the molecule is O=C(OCc1ccccc1)N1c2cc(F)ccc2OCC1CCO. The molecule has 0 saturated carbocycles. The first kappa shape index (κ1) is 16.3. The first-order valence-electron chi connectivity index (χ1n) is 7.72. The Morgan fingerprint density at radius 2 is 2.08 bits per heavy atom. The van der Waals surface area contributed by atoms with Crippen molar-refractivity contribution in [2.24, 2.45) is 0 Å². The molecule has 0 radical (unpaired) electrons. The highest BCUT2D eigenvalue weighted by Crippen LogP contribution is 2.35. The van der Waals surface area contributed by atoms with Gasteiger partial charge in [0.1, 0.15) is 24.8 Å². The molecule has 1 amide bonds. The number of halogens is 1. The Bertz CT molecular complexity index is 707. The normalized spacial score (nSPS) is 16.2. The number of aliphatic hydroxyl groups excluding tert-OH is 1. The zero-order valence-corrected chi connectivity index (χ0v) is 13.0. The molecule has 1 unspecified atom stereocenters. The number of aliphatic hydroxyl groups is 1. The van der Waals surface area contributed by atoms with Gasteiger partial charge in [0.05, 0.1) is 11.7 Å². The molecule has 3 rings (SSSR count). The van der Waals surface area contributed by atoms with Crippen LogP contribution in [-0.4, -0.2) is 30.5 Å². The fourth-order valence-electron chi connectivity index (χ4n) is 2.66. The van der Waals surface area contributed by atoms with Gasteiger partial charge in [-0.1, -0.05) is 30.3 Å². The van der Waals surface area contributed by atoms with E-state index in [1.165, 1.54) is 23.1 Å². The van der Waals surface area contributed by atoms with Crippen molar-refractivity contribution in [3.05, 3.63) is 59.9 Å². The minimum atomic E-state index is -0.590. The number of carbonyl (C=O) groups excluding carboxylic acids is 1. The first-order chi connectivity index (χ1) is 11.7. The number of hydrogen-bond donors (Lipinski definition) is 1. The molecule has 0 aromatic heterocycles. The number of ether oxygens (including phenoxy) is 2. The minimum absolute atomic E-state index is 0.110. The zero-order valence-electron chi connectivity index (χ0n) is 13.0. The number of rotatable bonds is 4. The third kappa shape index (κ3) is 3.49. The third-order valence-corrected chi connectivity index (χ3v) is 3.84. The molecule has 1 N–H and O–H groups in total. The van der Waals surface area contributed by atoms with E-state index in [0.717, 1.165) is 5.56 Å². The van der Waals surface area contributed by atoms with E-state index in [0.29, 0.717) is 17.9 Å². The minimum Gasteiger partial charge on any atom is -0.489 e. The van der Waals surface area contributed by atoms with E-state index >= 15 is 0 Å². The molecule has 1 aliphatic heterocycles. The monoisotopic (exact) mass is 331 g/mol. The summed E-state index contributed by atoms with van der Waals surface area (Å²) >= 11 is 0. The summed E-state index contributed by atoms with van der Waals surface area (Å²) in [4.78, 5) is 13.9. The van der Waals surface area contributed by atoms with E-state index < -0.39 is 18.0 Å². The summed E-state index contributed by atoms with van der Waals surface area (Å²) in [5, 5.41) is 9.22. The van der Waals surface area contributed by atoms with Crippen molar-refractivity contribution in [1.29, 1.82) is 0 Å². The van der Waals surface area contributed by atoms with Gasteiger partial charge in [-0.25, -0.2) is 9.18 Å². The van der Waals surface area contributed by atoms with E-state index in [4.69, 9.17) is 9.47 Å². The lowest BCUT2D eigenvalue weighted by Crippen LogP contribution is -2.47. The van der Waals surface area contributed by atoms with Crippen LogP contribution in [0.1, 0.15) is 12.0 Å². The first-order valence-corrected chi connectivity index (χ1v) is 7.72. The molecule has 0 aliphatic carbocycles. The lowest BCUT2D eigenvalue weighted by Gasteiger charge is -2.36. The van der Waals surface area contributed by atoms with E-state index in [1.807, 2.05) is 30.3 Å². The molecular weight excluding hydrogens is 313 g/mol. The molecule has 24 heavy (non-hydrogen) atoms. The maximum absolute atomic E-state index is 13.6. The quantitative estimate of drug-likeness (QED) is 0.935. The van der Waals surface area contributed by atoms with Crippen LogP contribution in [0.5, 0.6) is 5.75 Å². The van der Waals surface area contributed by atoms with E-state index in [-0.39, 0.29) is 19.8 Å². The molecule has 2 aromatic carbocycles. The van der Waals surface area contributed by atoms with Gasteiger partial charge in [-0.2, -0.15) is 0 Å². The lowest BCUT2D eigenvalue weighted by molar-refractivity contribution is 0.135. The molecule has 0 bridgehead atoms. The average molecular weight is 331 g/mol. The fourth-order valence-corrected chi connectivity index (χ4v) is 2.66. The van der Waals surface area contributed by atoms with Crippen molar-refractivity contribution in [1.82, 2.24) is 0 Å². The Balaban J connectivity index is 1.81. The predicted molar refractivity (Wildman–Crippen MR) is 86.5 cm³/mol. The van der Waals surface area contributed by atoms with Crippen LogP contribution >= 0.6 is 0 Å². The molecule has 1 aliphatic rings. The van der Waals surface area contributed by atoms with Crippen molar-refractivity contribution in [2.75, 3.05) is 18.1 Å². The largest absolute Gasteiger partial charge is 0.489 e. The Hall–Kier alpha value is -2.60. The van der Waals surface area contributed by atoms with Crippen LogP contribution in [0, 0.1) is 5.82 Å². The molecular formula is C18H18FNO4. The second kappa shape index (κ2) is 7.31. The van der Waals surface area contributed by atoms with Gasteiger partial charge in [0, 0.05) is 12.7 Å². The number of benzene rings is 2. The fraction of sp³-hybridized carbons (Fsp3) is 0.278. The molecule has 0 saturated heterocycles. The van der Waals surface area contributed by atoms with Gasteiger partial charge in [0.25, 0.3) is 0 Å². The summed E-state index contributed by atoms with van der Waals surface area (Å²) in [6.45, 7) is 0.230. The van der Waals surface area contributed by atoms with E-state index in [9.17, 15) is 14.3 Å². The molecule has 1 atom stereocenters. The Labute approximate surface area is 139 Å². The van der Waals surface area contributed by atoms with Crippen molar-refractivity contribution >= 4 is 11.8 Å². The topological polar surface area (TPSA) is 59.0 Å². The maximum Gasteiger partial charge on any atom is 0.415 e. The number of carbonyl (C=O) groups is 1. The van der Waals surface area contributed by atoms with Gasteiger partial charge in [0.2, 0.25) is 0 Å². The summed E-state index contributed by atoms with van der Waals surface area (Å²) in [7, 11) is 0. The van der Waals surface area contributed by atoms with Crippen molar-refractivity contribution < 1.29 is 23.8 Å². The Kier molecular flexibility index (Phi) is 4.96. The maximum atomic E-state index is 13.6. The second-order valence-corrected chi connectivity index (χ2v) is 5.50. The van der Waals surface area contributed by atoms with Gasteiger partial charge >= 0.3 is 6.09 Å². The summed E-state index contributed by atoms with van der Waals surface area (Å²) in [5.41, 5.74) is 1.18. The Morgan fingerprint density at radius 3 is 2.83 bits per heavy atom. The lowest BCUT2D eigenvalue weighted by atomic mass is 10.1. The van der Waals surface area contributed by atoms with Gasteiger partial charge in [-0.05, 0) is 24.1 Å². The summed E-state index contributed by atoms with van der Waals surface area (Å²) in [6, 6.07) is 12.9. The van der Waals surface area contributed by atoms with Crippen LogP contribution in [0.2, 0.25) is 0 Å². The number of nitrogens with zero attached hydrogens (tertiary/aromatic N) is 1. The molecule has 6 heteroatoms. The van der Waals surface area contributed by atoms with Crippen LogP contribution in [0.3, 0.4) is 0 Å². The summed E-state index contributed by atoms with van der Waals surface area (Å²) < 4.78 is 24.5. The van der Waals surface area contributed by atoms with Crippen LogP contribution in [0.15, 0.2) is 48.5 Å². The Morgan fingerprint density at radius 1 is 1.29 bits per heavy atom. The van der Waals surface area contributed by atoms with Gasteiger partial charge in [-0.3, -0.25) is 4.90 Å². The van der Waals surface area contributed by atoms with Crippen LogP contribution < -0.4 is 9.64 Å². The number of hydrogen-bond acceptors (Lipinski definition) is 4. The van der Waals surface area contributed by atoms with Gasteiger partial charge < -0.3 is 14.6 Å². The molecule has 1 heterocycles. The summed E-state index contributed by atoms with van der Waals surface area (Å²) in [5.74, 6) is -0.0508. The van der Waals surface area contributed by atoms with Crippen LogP contribution in [0.4, 0.5) is 14.9 Å². The van der Waals surface area contributed by atoms with Gasteiger partial charge in [-0.15, -0.1) is 0 Å². The zero-order chi connectivity index (χ0) is 16.9. The van der Waals surface area contributed by atoms with Crippen LogP contribution in [-0.2, 0) is 11.3 Å². The predicted octanol–water partition coefficient (Wildman–Crippen LogP) is 3.11. The van der Waals surface area contributed by atoms with Crippen LogP contribution in [0.25, 0.3) is 0 Å². The number of fused-ring (bicyclic) bond motifs is 1. The van der Waals surface area contributed by atoms with Crippen molar-refractivity contribution in [3.63, 3.8) is 0 Å². The molecule has 126 valence electrons. The average Bonchev–Trinajstić information content (AvgIpc) is 2.60. The molecule has 0 fully saturated rings. The van der Waals surface area contributed by atoms with Crippen molar-refractivity contribution in [2.45, 2.75) is 19.1 Å². The molecule has 2 aromatic rings. The standard InChI is InChI=1S/C18H18FNO4/c19-14-6-7-17-16(10-14)20(15(8-9-21)12-23-17)18(22)24-11-13-4-2-1-3-5-13/h1-7,10,15,21H,8-9,11-12H2. The molecule has 0 spiro atoms. The van der Waals surface area contributed by atoms with Crippen molar-refractivity contribution in [3.8, 4) is 5.75 Å². The molecule has 5 nitrogen and oxygen atoms in total. The number of amides is 1. The highest BCUT2D eigenvalue weighted by atomic mass is 19.1. The summed E-state index contributed by atoms with van der Waals surface area (Å²) in [6.07, 6.45) is -0.274. The van der Waals surface area contributed by atoms with E-state index in [1.54, 1.807) is 0 Å². The smallest absolute Gasteiger partial charge is 0.415 e. The highest BCUT2D eigenvalue weighted by molar-refractivity contribution is 5.91. The van der Waals surface area contributed by atoms with E-state index in [2.05, 4.69) is 0 Å². The second-order valence-electron chi connectivity index (χ2n) is 5.50. The third-order valence-electron chi connectivity index (χ3n) is 3.84. The highest BCUT2D eigenvalue weighted by Gasteiger charge is 2.33. The van der Waals surface area contributed by atoms with Gasteiger partial charge in [0.15, 0.2) is 0 Å².